The summed E-state index contributed by atoms with van der Waals surface area (Å²) in [6.07, 6.45) is 0. The highest BCUT2D eigenvalue weighted by atomic mass is 79.9. The van der Waals surface area contributed by atoms with Gasteiger partial charge < -0.3 is 14.8 Å². The number of nitriles is 1. The molecule has 2 aromatic carbocycles. The number of hydrogen-bond acceptors (Lipinski definition) is 4. The van der Waals surface area contributed by atoms with E-state index in [1.807, 2.05) is 24.3 Å². The Labute approximate surface area is 135 Å². The van der Waals surface area contributed by atoms with E-state index in [-0.39, 0.29) is 6.79 Å². The van der Waals surface area contributed by atoms with Crippen LogP contribution in [0.25, 0.3) is 0 Å². The summed E-state index contributed by atoms with van der Waals surface area (Å²) in [5.41, 5.74) is 1.58. The van der Waals surface area contributed by atoms with Crippen molar-refractivity contribution >= 4 is 33.2 Å². The van der Waals surface area contributed by atoms with Crippen LogP contribution < -0.4 is 14.8 Å². The average Bonchev–Trinajstić information content (AvgIpc) is 2.95. The van der Waals surface area contributed by atoms with Crippen molar-refractivity contribution in [2.75, 3.05) is 12.1 Å². The molecular weight excluding hydrogens is 356 g/mol. The van der Waals surface area contributed by atoms with Crippen molar-refractivity contribution in [2.45, 2.75) is 6.04 Å². The second-order valence-corrected chi connectivity index (χ2v) is 5.77. The molecule has 21 heavy (non-hydrogen) atoms. The Bertz CT molecular complexity index is 713. The number of halogens is 2. The molecule has 1 unspecified atom stereocenters. The Balaban J connectivity index is 1.88. The summed E-state index contributed by atoms with van der Waals surface area (Å²) in [6, 6.07) is 12.8. The summed E-state index contributed by atoms with van der Waals surface area (Å²) in [7, 11) is 0. The normalized spacial score (nSPS) is 13.6. The summed E-state index contributed by atoms with van der Waals surface area (Å²) in [6.45, 7) is 0.149. The van der Waals surface area contributed by atoms with Gasteiger partial charge in [-0.3, -0.25) is 0 Å². The van der Waals surface area contributed by atoms with Crippen LogP contribution in [0, 0.1) is 11.3 Å². The van der Waals surface area contributed by atoms with E-state index in [9.17, 15) is 5.26 Å². The van der Waals surface area contributed by atoms with Crippen LogP contribution in [0.2, 0.25) is 5.02 Å². The highest BCUT2D eigenvalue weighted by Gasteiger charge is 2.21. The molecule has 0 fully saturated rings. The van der Waals surface area contributed by atoms with Crippen molar-refractivity contribution in [1.82, 2.24) is 0 Å². The number of nitrogens with zero attached hydrogens (tertiary/aromatic N) is 1. The lowest BCUT2D eigenvalue weighted by Crippen LogP contribution is -2.08. The fourth-order valence-corrected chi connectivity index (χ4v) is 2.59. The Morgan fingerprint density at radius 3 is 2.71 bits per heavy atom. The number of benzene rings is 2. The van der Waals surface area contributed by atoms with Gasteiger partial charge in [-0.15, -0.1) is 0 Å². The lowest BCUT2D eigenvalue weighted by molar-refractivity contribution is 0.174. The van der Waals surface area contributed by atoms with E-state index >= 15 is 0 Å². The molecule has 1 heterocycles. The third kappa shape index (κ3) is 2.92. The highest BCUT2D eigenvalue weighted by molar-refractivity contribution is 9.10. The monoisotopic (exact) mass is 364 g/mol. The van der Waals surface area contributed by atoms with Crippen LogP contribution in [0.3, 0.4) is 0 Å². The van der Waals surface area contributed by atoms with Crippen molar-refractivity contribution in [3.63, 3.8) is 0 Å². The third-order valence-electron chi connectivity index (χ3n) is 3.07. The third-order valence-corrected chi connectivity index (χ3v) is 3.88. The van der Waals surface area contributed by atoms with E-state index in [0.29, 0.717) is 16.5 Å². The number of fused-ring (bicyclic) bond motifs is 1. The second kappa shape index (κ2) is 5.84. The maximum atomic E-state index is 9.40. The molecule has 2 aromatic rings. The Morgan fingerprint density at radius 1 is 1.24 bits per heavy atom. The zero-order valence-electron chi connectivity index (χ0n) is 10.8. The number of nitrogens with one attached hydrogen (secondary N) is 1. The van der Waals surface area contributed by atoms with E-state index in [2.05, 4.69) is 27.3 Å². The van der Waals surface area contributed by atoms with Gasteiger partial charge in [-0.1, -0.05) is 27.5 Å². The van der Waals surface area contributed by atoms with Gasteiger partial charge in [0.1, 0.15) is 6.04 Å². The van der Waals surface area contributed by atoms with Gasteiger partial charge in [0.25, 0.3) is 0 Å². The molecule has 0 radical (unpaired) electrons. The molecule has 0 saturated carbocycles. The van der Waals surface area contributed by atoms with Crippen molar-refractivity contribution < 1.29 is 9.47 Å². The fourth-order valence-electron chi connectivity index (χ4n) is 2.06. The molecule has 1 N–H and O–H groups in total. The molecule has 0 saturated heterocycles. The second-order valence-electron chi connectivity index (χ2n) is 4.45. The molecule has 106 valence electrons. The van der Waals surface area contributed by atoms with Crippen LogP contribution in [0.5, 0.6) is 11.5 Å². The number of anilines is 1. The van der Waals surface area contributed by atoms with E-state index in [1.54, 1.807) is 12.1 Å². The van der Waals surface area contributed by atoms with Gasteiger partial charge in [0.2, 0.25) is 6.79 Å². The predicted molar refractivity (Wildman–Crippen MR) is 83.7 cm³/mol. The van der Waals surface area contributed by atoms with Crippen molar-refractivity contribution in [2.24, 2.45) is 0 Å². The van der Waals surface area contributed by atoms with Crippen LogP contribution in [-0.4, -0.2) is 6.79 Å². The van der Waals surface area contributed by atoms with E-state index < -0.39 is 6.04 Å². The Kier molecular flexibility index (Phi) is 3.91. The molecule has 1 aliphatic rings. The molecule has 4 nitrogen and oxygen atoms in total. The Hall–Kier alpha value is -1.90. The molecule has 3 rings (SSSR count). The SMILES string of the molecule is N#CC(Nc1ccc(Br)cc1)c1cc(Cl)c2c(c1)OCO2. The van der Waals surface area contributed by atoms with Gasteiger partial charge in [0, 0.05) is 10.2 Å². The van der Waals surface area contributed by atoms with Gasteiger partial charge in [-0.2, -0.15) is 5.26 Å². The molecule has 0 amide bonds. The summed E-state index contributed by atoms with van der Waals surface area (Å²) in [5, 5.41) is 13.0. The molecule has 0 aliphatic carbocycles. The first-order valence-corrected chi connectivity index (χ1v) is 7.35. The van der Waals surface area contributed by atoms with Gasteiger partial charge in [0.15, 0.2) is 11.5 Å². The fraction of sp³-hybridized carbons (Fsp3) is 0.133. The van der Waals surface area contributed by atoms with Crippen LogP contribution in [0.1, 0.15) is 11.6 Å². The van der Waals surface area contributed by atoms with Crippen LogP contribution in [0.4, 0.5) is 5.69 Å². The summed E-state index contributed by atoms with van der Waals surface area (Å²) in [5.74, 6) is 1.09. The van der Waals surface area contributed by atoms with Crippen LogP contribution in [0.15, 0.2) is 40.9 Å². The predicted octanol–water partition coefficient (Wildman–Crippen LogP) is 4.51. The first kappa shape index (κ1) is 14.1. The first-order chi connectivity index (χ1) is 10.2. The average molecular weight is 366 g/mol. The van der Waals surface area contributed by atoms with E-state index in [0.717, 1.165) is 15.7 Å². The van der Waals surface area contributed by atoms with Crippen molar-refractivity contribution in [3.8, 4) is 17.6 Å². The van der Waals surface area contributed by atoms with Crippen LogP contribution in [-0.2, 0) is 0 Å². The minimum absolute atomic E-state index is 0.149. The quantitative estimate of drug-likeness (QED) is 0.869. The first-order valence-electron chi connectivity index (χ1n) is 6.18. The standard InChI is InChI=1S/C15H10BrClN2O2/c16-10-1-3-11(4-2-10)19-13(7-18)9-5-12(17)15-14(6-9)20-8-21-15/h1-6,13,19H,8H2. The molecule has 0 aromatic heterocycles. The number of rotatable bonds is 3. The maximum Gasteiger partial charge on any atom is 0.231 e. The van der Waals surface area contributed by atoms with Crippen molar-refractivity contribution in [3.05, 3.63) is 51.5 Å². The topological polar surface area (TPSA) is 54.3 Å². The lowest BCUT2D eigenvalue weighted by Gasteiger charge is -2.14. The summed E-state index contributed by atoms with van der Waals surface area (Å²) >= 11 is 9.53. The minimum atomic E-state index is -0.529. The van der Waals surface area contributed by atoms with Gasteiger partial charge in [-0.05, 0) is 42.0 Å². The lowest BCUT2D eigenvalue weighted by atomic mass is 10.1. The minimum Gasteiger partial charge on any atom is -0.454 e. The zero-order chi connectivity index (χ0) is 14.8. The van der Waals surface area contributed by atoms with Gasteiger partial charge in [-0.25, -0.2) is 0 Å². The molecule has 0 spiro atoms. The maximum absolute atomic E-state index is 9.40. The summed E-state index contributed by atoms with van der Waals surface area (Å²) in [4.78, 5) is 0. The van der Waals surface area contributed by atoms with E-state index in [4.69, 9.17) is 21.1 Å². The highest BCUT2D eigenvalue weighted by Crippen LogP contribution is 2.41. The van der Waals surface area contributed by atoms with Crippen LogP contribution >= 0.6 is 27.5 Å². The molecular formula is C15H10BrClN2O2. The van der Waals surface area contributed by atoms with Crippen molar-refractivity contribution in [1.29, 1.82) is 5.26 Å². The summed E-state index contributed by atoms with van der Waals surface area (Å²) < 4.78 is 11.6. The van der Waals surface area contributed by atoms with Gasteiger partial charge in [0.05, 0.1) is 11.1 Å². The number of hydrogen-bond donors (Lipinski definition) is 1. The molecule has 1 atom stereocenters. The largest absolute Gasteiger partial charge is 0.454 e. The Morgan fingerprint density at radius 2 is 2.00 bits per heavy atom. The smallest absolute Gasteiger partial charge is 0.231 e. The van der Waals surface area contributed by atoms with Gasteiger partial charge >= 0.3 is 0 Å². The van der Waals surface area contributed by atoms with E-state index in [1.165, 1.54) is 0 Å². The zero-order valence-corrected chi connectivity index (χ0v) is 13.1. The number of ether oxygens (including phenoxy) is 2. The molecule has 6 heteroatoms. The molecule has 1 aliphatic heterocycles. The molecule has 0 bridgehead atoms.